The second kappa shape index (κ2) is 6.49. The molecule has 0 spiro atoms. The van der Waals surface area contributed by atoms with Gasteiger partial charge < -0.3 is 20.5 Å². The first-order chi connectivity index (χ1) is 8.79. The molecule has 0 aliphatic carbocycles. The third-order valence-electron chi connectivity index (χ3n) is 2.83. The van der Waals surface area contributed by atoms with Crippen LogP contribution < -0.4 is 11.1 Å². The molecule has 18 heavy (non-hydrogen) atoms. The van der Waals surface area contributed by atoms with E-state index >= 15 is 0 Å². The lowest BCUT2D eigenvalue weighted by molar-refractivity contribution is -0.0855. The van der Waals surface area contributed by atoms with E-state index in [9.17, 15) is 4.79 Å². The minimum absolute atomic E-state index is 0.0500. The van der Waals surface area contributed by atoms with Crippen LogP contribution in [0.4, 0.5) is 0 Å². The van der Waals surface area contributed by atoms with Crippen molar-refractivity contribution >= 4 is 5.91 Å². The summed E-state index contributed by atoms with van der Waals surface area (Å²) < 4.78 is 10.7. The van der Waals surface area contributed by atoms with Crippen LogP contribution in [0.15, 0.2) is 24.3 Å². The summed E-state index contributed by atoms with van der Waals surface area (Å²) in [7, 11) is 0. The SMILES string of the molecule is NCc1ccc(C(=O)NCC2COCCO2)cc1. The van der Waals surface area contributed by atoms with Crippen LogP contribution in [-0.2, 0) is 16.0 Å². The first-order valence-electron chi connectivity index (χ1n) is 6.06. The molecule has 98 valence electrons. The first-order valence-corrected chi connectivity index (χ1v) is 6.06. The van der Waals surface area contributed by atoms with Gasteiger partial charge in [-0.15, -0.1) is 0 Å². The van der Waals surface area contributed by atoms with E-state index in [1.807, 2.05) is 12.1 Å². The number of benzene rings is 1. The van der Waals surface area contributed by atoms with Gasteiger partial charge in [0.25, 0.3) is 5.91 Å². The van der Waals surface area contributed by atoms with Gasteiger partial charge in [-0.05, 0) is 17.7 Å². The number of carbonyl (C=O) groups excluding carboxylic acids is 1. The minimum atomic E-state index is -0.104. The molecular weight excluding hydrogens is 232 g/mol. The van der Waals surface area contributed by atoms with E-state index < -0.39 is 0 Å². The van der Waals surface area contributed by atoms with E-state index in [2.05, 4.69) is 5.32 Å². The first kappa shape index (κ1) is 13.0. The number of ether oxygens (including phenoxy) is 2. The predicted molar refractivity (Wildman–Crippen MR) is 67.2 cm³/mol. The molecular formula is C13H18N2O3. The highest BCUT2D eigenvalue weighted by Gasteiger charge is 2.15. The number of nitrogens with two attached hydrogens (primary N) is 1. The Labute approximate surface area is 106 Å². The topological polar surface area (TPSA) is 73.6 Å². The fourth-order valence-electron chi connectivity index (χ4n) is 1.76. The second-order valence-electron chi connectivity index (χ2n) is 4.18. The lowest BCUT2D eigenvalue weighted by atomic mass is 10.1. The van der Waals surface area contributed by atoms with Crippen molar-refractivity contribution in [3.05, 3.63) is 35.4 Å². The molecule has 5 nitrogen and oxygen atoms in total. The number of hydrogen-bond donors (Lipinski definition) is 2. The average Bonchev–Trinajstić information content (AvgIpc) is 2.46. The van der Waals surface area contributed by atoms with Gasteiger partial charge in [0.2, 0.25) is 0 Å². The van der Waals surface area contributed by atoms with Crippen molar-refractivity contribution in [1.82, 2.24) is 5.32 Å². The Kier molecular flexibility index (Phi) is 4.69. The highest BCUT2D eigenvalue weighted by Crippen LogP contribution is 2.04. The van der Waals surface area contributed by atoms with Gasteiger partial charge >= 0.3 is 0 Å². The zero-order chi connectivity index (χ0) is 12.8. The molecule has 0 bridgehead atoms. The zero-order valence-corrected chi connectivity index (χ0v) is 10.2. The van der Waals surface area contributed by atoms with Crippen molar-refractivity contribution in [3.63, 3.8) is 0 Å². The lowest BCUT2D eigenvalue weighted by Gasteiger charge is -2.23. The molecule has 1 atom stereocenters. The number of amides is 1. The number of rotatable bonds is 4. The van der Waals surface area contributed by atoms with Crippen LogP contribution in [0.25, 0.3) is 0 Å². The smallest absolute Gasteiger partial charge is 0.251 e. The van der Waals surface area contributed by atoms with Crippen molar-refractivity contribution in [2.24, 2.45) is 5.73 Å². The number of hydrogen-bond acceptors (Lipinski definition) is 4. The standard InChI is InChI=1S/C13H18N2O3/c14-7-10-1-3-11(4-2-10)13(16)15-8-12-9-17-5-6-18-12/h1-4,12H,5-9,14H2,(H,15,16). The Morgan fingerprint density at radius 1 is 1.33 bits per heavy atom. The van der Waals surface area contributed by atoms with Crippen molar-refractivity contribution < 1.29 is 14.3 Å². The van der Waals surface area contributed by atoms with Gasteiger partial charge in [-0.25, -0.2) is 0 Å². The van der Waals surface area contributed by atoms with E-state index in [0.717, 1.165) is 5.56 Å². The number of nitrogens with one attached hydrogen (secondary N) is 1. The summed E-state index contributed by atoms with van der Waals surface area (Å²) in [4.78, 5) is 11.8. The average molecular weight is 250 g/mol. The molecule has 1 saturated heterocycles. The van der Waals surface area contributed by atoms with Crippen LogP contribution in [0, 0.1) is 0 Å². The summed E-state index contributed by atoms with van der Waals surface area (Å²) in [5, 5.41) is 2.83. The van der Waals surface area contributed by atoms with Crippen LogP contribution in [0.5, 0.6) is 0 Å². The van der Waals surface area contributed by atoms with Crippen molar-refractivity contribution in [3.8, 4) is 0 Å². The second-order valence-corrected chi connectivity index (χ2v) is 4.18. The normalized spacial score (nSPS) is 19.5. The van der Waals surface area contributed by atoms with Gasteiger partial charge in [0.05, 0.1) is 25.9 Å². The Balaban J connectivity index is 1.82. The molecule has 1 aromatic carbocycles. The summed E-state index contributed by atoms with van der Waals surface area (Å²) in [5.74, 6) is -0.104. The Bertz CT molecular complexity index is 386. The maximum atomic E-state index is 11.8. The van der Waals surface area contributed by atoms with Crippen LogP contribution in [0.1, 0.15) is 15.9 Å². The van der Waals surface area contributed by atoms with Crippen LogP contribution in [-0.4, -0.2) is 38.4 Å². The lowest BCUT2D eigenvalue weighted by Crippen LogP contribution is -2.39. The molecule has 5 heteroatoms. The van der Waals surface area contributed by atoms with Crippen molar-refractivity contribution in [2.75, 3.05) is 26.4 Å². The molecule has 0 saturated carbocycles. The van der Waals surface area contributed by atoms with Crippen molar-refractivity contribution in [1.29, 1.82) is 0 Å². The van der Waals surface area contributed by atoms with E-state index in [4.69, 9.17) is 15.2 Å². The third kappa shape index (κ3) is 3.53. The van der Waals surface area contributed by atoms with Gasteiger partial charge in [-0.1, -0.05) is 12.1 Å². The largest absolute Gasteiger partial charge is 0.376 e. The number of carbonyl (C=O) groups is 1. The van der Waals surface area contributed by atoms with E-state index in [1.54, 1.807) is 12.1 Å². The van der Waals surface area contributed by atoms with Crippen LogP contribution in [0.2, 0.25) is 0 Å². The molecule has 3 N–H and O–H groups in total. The summed E-state index contributed by atoms with van der Waals surface area (Å²) in [6.45, 7) is 2.70. The maximum Gasteiger partial charge on any atom is 0.251 e. The van der Waals surface area contributed by atoms with Gasteiger partial charge in [0.1, 0.15) is 0 Å². The summed E-state index contributed by atoms with van der Waals surface area (Å²) in [6, 6.07) is 7.26. The summed E-state index contributed by atoms with van der Waals surface area (Å²) in [5.41, 5.74) is 7.14. The Morgan fingerprint density at radius 2 is 2.11 bits per heavy atom. The molecule has 1 amide bonds. The van der Waals surface area contributed by atoms with Crippen LogP contribution >= 0.6 is 0 Å². The maximum absolute atomic E-state index is 11.8. The predicted octanol–water partition coefficient (Wildman–Crippen LogP) is 0.290. The van der Waals surface area contributed by atoms with E-state index in [0.29, 0.717) is 38.5 Å². The highest BCUT2D eigenvalue weighted by atomic mass is 16.6. The quantitative estimate of drug-likeness (QED) is 0.805. The van der Waals surface area contributed by atoms with Gasteiger partial charge in [0.15, 0.2) is 0 Å². The molecule has 1 fully saturated rings. The summed E-state index contributed by atoms with van der Waals surface area (Å²) >= 11 is 0. The van der Waals surface area contributed by atoms with E-state index in [-0.39, 0.29) is 12.0 Å². The van der Waals surface area contributed by atoms with Crippen LogP contribution in [0.3, 0.4) is 0 Å². The molecule has 1 aromatic rings. The fourth-order valence-corrected chi connectivity index (χ4v) is 1.76. The van der Waals surface area contributed by atoms with Gasteiger partial charge in [0, 0.05) is 18.7 Å². The molecule has 1 aliphatic heterocycles. The van der Waals surface area contributed by atoms with Gasteiger partial charge in [-0.3, -0.25) is 4.79 Å². The molecule has 0 aromatic heterocycles. The fraction of sp³-hybridized carbons (Fsp3) is 0.462. The highest BCUT2D eigenvalue weighted by molar-refractivity contribution is 5.94. The van der Waals surface area contributed by atoms with Gasteiger partial charge in [-0.2, -0.15) is 0 Å². The summed E-state index contributed by atoms with van der Waals surface area (Å²) in [6.07, 6.45) is -0.0500. The molecule has 2 rings (SSSR count). The minimum Gasteiger partial charge on any atom is -0.376 e. The van der Waals surface area contributed by atoms with E-state index in [1.165, 1.54) is 0 Å². The Morgan fingerprint density at radius 3 is 2.72 bits per heavy atom. The monoisotopic (exact) mass is 250 g/mol. The molecule has 1 heterocycles. The Hall–Kier alpha value is -1.43. The van der Waals surface area contributed by atoms with Crippen molar-refractivity contribution in [2.45, 2.75) is 12.6 Å². The zero-order valence-electron chi connectivity index (χ0n) is 10.2. The molecule has 1 unspecified atom stereocenters. The molecule has 0 radical (unpaired) electrons. The third-order valence-corrected chi connectivity index (χ3v) is 2.83. The molecule has 1 aliphatic rings.